The third kappa shape index (κ3) is 4.09. The maximum atomic E-state index is 12.5. The van der Waals surface area contributed by atoms with E-state index < -0.39 is 28.9 Å². The molecular formula is C15H11EuF3O6. The molecule has 0 saturated carbocycles. The van der Waals surface area contributed by atoms with Gasteiger partial charge in [0.1, 0.15) is 11.3 Å². The van der Waals surface area contributed by atoms with Crippen molar-refractivity contribution in [3.8, 4) is 5.75 Å². The number of carbonyl (C=O) groups excluding carboxylic acids is 1. The minimum atomic E-state index is -5.28. The van der Waals surface area contributed by atoms with Crippen molar-refractivity contribution < 1.29 is 87.8 Å². The average Bonchev–Trinajstić information content (AvgIpc) is 2.46. The molecule has 0 spiro atoms. The molecule has 0 unspecified atom stereocenters. The van der Waals surface area contributed by atoms with E-state index in [1.807, 2.05) is 0 Å². The van der Waals surface area contributed by atoms with Crippen LogP contribution in [-0.2, 0) is 0 Å². The van der Waals surface area contributed by atoms with Crippen molar-refractivity contribution >= 4 is 27.5 Å². The monoisotopic (exact) mass is 497 g/mol. The molecule has 10 heteroatoms. The average molecular weight is 496 g/mol. The van der Waals surface area contributed by atoms with E-state index in [0.717, 1.165) is 0 Å². The Kier molecular flexibility index (Phi) is 7.93. The van der Waals surface area contributed by atoms with Gasteiger partial charge in [0.15, 0.2) is 5.56 Å². The zero-order valence-electron chi connectivity index (χ0n) is 12.1. The summed E-state index contributed by atoms with van der Waals surface area (Å²) in [6.07, 6.45) is -5.28. The summed E-state index contributed by atoms with van der Waals surface area (Å²) < 4.78 is 42.4. The van der Waals surface area contributed by atoms with Gasteiger partial charge in [-0.2, -0.15) is 13.2 Å². The van der Waals surface area contributed by atoms with Crippen LogP contribution >= 0.6 is 0 Å². The number of alkyl halides is 3. The van der Waals surface area contributed by atoms with Crippen LogP contribution in [0.2, 0.25) is 0 Å². The van der Waals surface area contributed by atoms with Gasteiger partial charge in [0, 0.05) is 54.8 Å². The van der Waals surface area contributed by atoms with Gasteiger partial charge < -0.3 is 20.5 Å². The Labute approximate surface area is 178 Å². The molecule has 0 aliphatic heterocycles. The molecule has 1 radical (unpaired) electrons. The molecule has 1 aromatic heterocycles. The number of hydrogen-bond acceptors (Lipinski definition) is 4. The smallest absolute Gasteiger partial charge is 0.455 e. The van der Waals surface area contributed by atoms with Crippen LogP contribution in [0, 0.1) is 49.4 Å². The summed E-state index contributed by atoms with van der Waals surface area (Å²) in [5.74, 6) is -3.46. The zero-order chi connectivity index (χ0) is 16.1. The van der Waals surface area contributed by atoms with Crippen LogP contribution in [-0.4, -0.2) is 28.0 Å². The van der Waals surface area contributed by atoms with Crippen molar-refractivity contribution in [3.63, 3.8) is 0 Å². The normalized spacial score (nSPS) is 10.5. The first-order valence-corrected chi connectivity index (χ1v) is 6.10. The number of ketones is 1. The number of benzene rings is 2. The van der Waals surface area contributed by atoms with Crippen LogP contribution in [0.1, 0.15) is 10.4 Å². The third-order valence-corrected chi connectivity index (χ3v) is 3.25. The van der Waals surface area contributed by atoms with Gasteiger partial charge in [-0.1, -0.05) is 30.3 Å². The number of fused-ring (bicyclic) bond motifs is 3. The van der Waals surface area contributed by atoms with Crippen molar-refractivity contribution in [3.05, 3.63) is 52.4 Å². The molecule has 25 heavy (non-hydrogen) atoms. The van der Waals surface area contributed by atoms with Gasteiger partial charge in [-0.15, -0.1) is 0 Å². The van der Waals surface area contributed by atoms with Gasteiger partial charge in [-0.25, -0.2) is 4.79 Å². The first-order valence-electron chi connectivity index (χ1n) is 6.10. The van der Waals surface area contributed by atoms with Gasteiger partial charge in [0.05, 0.1) is 5.39 Å². The Hall–Kier alpha value is -1.33. The van der Waals surface area contributed by atoms with Crippen molar-refractivity contribution in [1.29, 1.82) is 0 Å². The number of aromatic hydroxyl groups is 1. The van der Waals surface area contributed by atoms with Crippen LogP contribution in [0.4, 0.5) is 13.2 Å². The largest absolute Gasteiger partial charge is 0.506 e. The van der Waals surface area contributed by atoms with Crippen molar-refractivity contribution in [1.82, 2.24) is 0 Å². The molecule has 0 saturated heterocycles. The minimum Gasteiger partial charge on any atom is -0.506 e. The van der Waals surface area contributed by atoms with E-state index in [9.17, 15) is 27.9 Å². The van der Waals surface area contributed by atoms with Crippen molar-refractivity contribution in [2.75, 3.05) is 0 Å². The van der Waals surface area contributed by atoms with Crippen molar-refractivity contribution in [2.45, 2.75) is 6.18 Å². The standard InChI is InChI=1S/C15H7F3O4.Eu.2H2O/c16-15(17,18)13(20)10-11(19)9-6-5-7-3-1-2-4-8(7)12(9)22-14(10)21;;;/h1-6,19H;;2*1H2. The predicted molar refractivity (Wildman–Crippen MR) is 79.3 cm³/mol. The van der Waals surface area contributed by atoms with E-state index in [-0.39, 0.29) is 71.3 Å². The number of hydrogen-bond donors (Lipinski definition) is 1. The Morgan fingerprint density at radius 1 is 1.00 bits per heavy atom. The molecule has 3 rings (SSSR count). The summed E-state index contributed by atoms with van der Waals surface area (Å²) >= 11 is 0. The quantitative estimate of drug-likeness (QED) is 0.313. The number of carbonyl (C=O) groups is 1. The van der Waals surface area contributed by atoms with E-state index in [0.29, 0.717) is 10.8 Å². The molecule has 0 atom stereocenters. The predicted octanol–water partition coefficient (Wildman–Crippen LogP) is 1.75. The number of rotatable bonds is 1. The molecule has 0 aliphatic carbocycles. The van der Waals surface area contributed by atoms with Crippen molar-refractivity contribution in [2.24, 2.45) is 0 Å². The second-order valence-corrected chi connectivity index (χ2v) is 4.60. The maximum absolute atomic E-state index is 12.5. The summed E-state index contributed by atoms with van der Waals surface area (Å²) in [6.45, 7) is 0. The minimum absolute atomic E-state index is 0. The third-order valence-electron chi connectivity index (χ3n) is 3.25. The summed E-state index contributed by atoms with van der Waals surface area (Å²) in [6, 6.07) is 9.51. The molecule has 0 bridgehead atoms. The van der Waals surface area contributed by atoms with Gasteiger partial charge in [0.25, 0.3) is 5.78 Å². The molecule has 135 valence electrons. The second kappa shape index (κ2) is 8.37. The van der Waals surface area contributed by atoms with Gasteiger partial charge in [-0.3, -0.25) is 4.79 Å². The van der Waals surface area contributed by atoms with E-state index >= 15 is 0 Å². The molecule has 5 N–H and O–H groups in total. The van der Waals surface area contributed by atoms with E-state index in [4.69, 9.17) is 4.42 Å². The maximum Gasteiger partial charge on any atom is 0.455 e. The van der Waals surface area contributed by atoms with E-state index in [1.165, 1.54) is 6.07 Å². The Bertz CT molecular complexity index is 981. The van der Waals surface area contributed by atoms with Crippen LogP contribution in [0.25, 0.3) is 21.7 Å². The number of halogens is 3. The molecule has 0 fully saturated rings. The van der Waals surface area contributed by atoms with Crippen LogP contribution < -0.4 is 5.63 Å². The van der Waals surface area contributed by atoms with Crippen LogP contribution in [0.5, 0.6) is 5.75 Å². The van der Waals surface area contributed by atoms with Gasteiger partial charge in [0.2, 0.25) is 0 Å². The second-order valence-electron chi connectivity index (χ2n) is 4.60. The fourth-order valence-corrected chi connectivity index (χ4v) is 2.26. The molecule has 0 aliphatic rings. The Balaban J connectivity index is 0.00000192. The molecule has 1 heterocycles. The topological polar surface area (TPSA) is 131 Å². The molecule has 0 amide bonds. The summed E-state index contributed by atoms with van der Waals surface area (Å²) in [4.78, 5) is 23.0. The molecule has 3 aromatic rings. The van der Waals surface area contributed by atoms with Gasteiger partial charge >= 0.3 is 11.8 Å². The summed E-state index contributed by atoms with van der Waals surface area (Å²) in [5.41, 5.74) is -3.00. The first kappa shape index (κ1) is 23.7. The first-order chi connectivity index (χ1) is 10.3. The fourth-order valence-electron chi connectivity index (χ4n) is 2.26. The SMILES string of the molecule is O.O.O=C(c1c(O)c2ccc3ccccc3c2oc1=O)C(F)(F)F.[Eu]. The summed E-state index contributed by atoms with van der Waals surface area (Å²) in [5, 5.41) is 10.9. The summed E-state index contributed by atoms with van der Waals surface area (Å²) in [7, 11) is 0. The Morgan fingerprint density at radius 3 is 2.20 bits per heavy atom. The molecular weight excluding hydrogens is 485 g/mol. The van der Waals surface area contributed by atoms with Crippen LogP contribution in [0.3, 0.4) is 0 Å². The molecule has 6 nitrogen and oxygen atoms in total. The Morgan fingerprint density at radius 2 is 1.60 bits per heavy atom. The van der Waals surface area contributed by atoms with Crippen LogP contribution in [0.15, 0.2) is 45.6 Å². The zero-order valence-corrected chi connectivity index (χ0v) is 14.6. The molecule has 2 aromatic carbocycles. The fraction of sp³-hybridized carbons (Fsp3) is 0.0667. The van der Waals surface area contributed by atoms with E-state index in [1.54, 1.807) is 30.3 Å². The van der Waals surface area contributed by atoms with E-state index in [2.05, 4.69) is 0 Å². The van der Waals surface area contributed by atoms with Gasteiger partial charge in [-0.05, 0) is 11.5 Å². The number of Topliss-reactive ketones (excluding diaryl/α,β-unsaturated/α-hetero) is 1.